The molecular formula is C20H20N2O7. The molecule has 0 unspecified atom stereocenters. The fraction of sp³-hybridized carbons (Fsp3) is 0.400. The Morgan fingerprint density at radius 1 is 1.14 bits per heavy atom. The highest BCUT2D eigenvalue weighted by Gasteiger charge is 2.47. The van der Waals surface area contributed by atoms with Gasteiger partial charge >= 0.3 is 5.97 Å². The zero-order valence-corrected chi connectivity index (χ0v) is 15.8. The molecule has 0 bridgehead atoms. The van der Waals surface area contributed by atoms with Gasteiger partial charge in [0.1, 0.15) is 6.54 Å². The van der Waals surface area contributed by atoms with Crippen molar-refractivity contribution in [1.29, 1.82) is 0 Å². The van der Waals surface area contributed by atoms with Crippen LogP contribution in [0.3, 0.4) is 0 Å². The van der Waals surface area contributed by atoms with Gasteiger partial charge in [0.05, 0.1) is 11.8 Å². The third-order valence-corrected chi connectivity index (χ3v) is 5.20. The van der Waals surface area contributed by atoms with Gasteiger partial charge in [0.25, 0.3) is 5.91 Å². The van der Waals surface area contributed by atoms with Gasteiger partial charge in [0.15, 0.2) is 17.6 Å². The molecular weight excluding hydrogens is 380 g/mol. The zero-order valence-electron chi connectivity index (χ0n) is 15.8. The van der Waals surface area contributed by atoms with E-state index in [-0.39, 0.29) is 18.6 Å². The summed E-state index contributed by atoms with van der Waals surface area (Å²) in [6, 6.07) is 4.90. The Labute approximate surface area is 166 Å². The summed E-state index contributed by atoms with van der Waals surface area (Å²) in [6.07, 6.45) is 3.63. The van der Waals surface area contributed by atoms with Crippen LogP contribution in [0.25, 0.3) is 0 Å². The monoisotopic (exact) mass is 400 g/mol. The number of nitrogens with zero attached hydrogens (tertiary/aromatic N) is 1. The van der Waals surface area contributed by atoms with Crippen molar-refractivity contribution in [2.24, 2.45) is 11.8 Å². The van der Waals surface area contributed by atoms with Gasteiger partial charge in [-0.2, -0.15) is 0 Å². The lowest BCUT2D eigenvalue weighted by atomic mass is 9.85. The van der Waals surface area contributed by atoms with Gasteiger partial charge in [-0.05, 0) is 31.9 Å². The number of amides is 3. The van der Waals surface area contributed by atoms with E-state index in [1.807, 2.05) is 12.2 Å². The summed E-state index contributed by atoms with van der Waals surface area (Å²) in [6.45, 7) is 1.04. The van der Waals surface area contributed by atoms with E-state index in [1.165, 1.54) is 6.92 Å². The van der Waals surface area contributed by atoms with E-state index >= 15 is 0 Å². The van der Waals surface area contributed by atoms with Crippen LogP contribution in [0.4, 0.5) is 5.69 Å². The lowest BCUT2D eigenvalue weighted by Crippen LogP contribution is -2.39. The van der Waals surface area contributed by atoms with E-state index in [4.69, 9.17) is 14.2 Å². The van der Waals surface area contributed by atoms with Gasteiger partial charge in [-0.3, -0.25) is 24.1 Å². The van der Waals surface area contributed by atoms with E-state index < -0.39 is 36.4 Å². The molecule has 0 aromatic heterocycles. The minimum Gasteiger partial charge on any atom is -0.454 e. The lowest BCUT2D eigenvalue weighted by Gasteiger charge is -2.17. The zero-order chi connectivity index (χ0) is 20.5. The Hall–Kier alpha value is -3.36. The number of hydrogen-bond acceptors (Lipinski definition) is 7. The van der Waals surface area contributed by atoms with E-state index in [9.17, 15) is 19.2 Å². The topological polar surface area (TPSA) is 111 Å². The molecule has 9 nitrogen and oxygen atoms in total. The van der Waals surface area contributed by atoms with Gasteiger partial charge in [-0.15, -0.1) is 0 Å². The molecule has 0 radical (unpaired) electrons. The Kier molecular flexibility index (Phi) is 4.96. The van der Waals surface area contributed by atoms with Crippen LogP contribution in [0.2, 0.25) is 0 Å². The van der Waals surface area contributed by atoms with E-state index in [0.717, 1.165) is 4.90 Å². The summed E-state index contributed by atoms with van der Waals surface area (Å²) in [7, 11) is 0. The van der Waals surface area contributed by atoms with Gasteiger partial charge in [-0.1, -0.05) is 12.2 Å². The summed E-state index contributed by atoms with van der Waals surface area (Å²) in [5.74, 6) is -1.81. The molecule has 3 aliphatic rings. The Balaban J connectivity index is 1.32. The molecule has 0 spiro atoms. The van der Waals surface area contributed by atoms with Crippen molar-refractivity contribution >= 4 is 29.4 Å². The molecule has 3 amide bonds. The van der Waals surface area contributed by atoms with Gasteiger partial charge in [-0.25, -0.2) is 0 Å². The predicted octanol–water partition coefficient (Wildman–Crippen LogP) is 1.24. The fourth-order valence-electron chi connectivity index (χ4n) is 3.66. The standard InChI is InChI=1S/C20H20N2O7/c1-11(18(24)21-12-6-7-15-16(8-12)28-10-27-15)29-17(23)9-22-19(25)13-4-2-3-5-14(13)20(22)26/h2-3,6-8,11,13-14H,4-5,9-10H2,1H3,(H,21,24)/t11-,13-,14+/m0/s1. The van der Waals surface area contributed by atoms with Gasteiger partial charge < -0.3 is 19.5 Å². The van der Waals surface area contributed by atoms with Crippen LogP contribution in [-0.4, -0.2) is 48.0 Å². The van der Waals surface area contributed by atoms with Crippen molar-refractivity contribution in [2.75, 3.05) is 18.7 Å². The largest absolute Gasteiger partial charge is 0.454 e. The first-order valence-corrected chi connectivity index (χ1v) is 9.34. The fourth-order valence-corrected chi connectivity index (χ4v) is 3.66. The smallest absolute Gasteiger partial charge is 0.326 e. The average Bonchev–Trinajstić information content (AvgIpc) is 3.26. The van der Waals surface area contributed by atoms with Gasteiger partial charge in [0, 0.05) is 11.8 Å². The first-order chi connectivity index (χ1) is 13.9. The lowest BCUT2D eigenvalue weighted by molar-refractivity contribution is -0.158. The maximum atomic E-state index is 12.4. The maximum absolute atomic E-state index is 12.4. The number of anilines is 1. The van der Waals surface area contributed by atoms with Crippen LogP contribution in [0.5, 0.6) is 11.5 Å². The second kappa shape index (κ2) is 7.57. The molecule has 1 saturated heterocycles. The summed E-state index contributed by atoms with van der Waals surface area (Å²) in [4.78, 5) is 50.3. The highest BCUT2D eigenvalue weighted by Crippen LogP contribution is 2.35. The molecule has 2 heterocycles. The number of nitrogens with one attached hydrogen (secondary N) is 1. The van der Waals surface area contributed by atoms with E-state index in [2.05, 4.69) is 5.32 Å². The molecule has 1 aromatic rings. The summed E-state index contributed by atoms with van der Waals surface area (Å²) >= 11 is 0. The number of benzene rings is 1. The summed E-state index contributed by atoms with van der Waals surface area (Å²) in [5.41, 5.74) is 0.462. The molecule has 29 heavy (non-hydrogen) atoms. The minimum absolute atomic E-state index is 0.118. The van der Waals surface area contributed by atoms with Crippen molar-refractivity contribution in [1.82, 2.24) is 4.90 Å². The normalized spacial score (nSPS) is 23.0. The van der Waals surface area contributed by atoms with Gasteiger partial charge in [0.2, 0.25) is 18.6 Å². The van der Waals surface area contributed by atoms with Crippen molar-refractivity contribution < 1.29 is 33.4 Å². The Morgan fingerprint density at radius 3 is 2.48 bits per heavy atom. The third-order valence-electron chi connectivity index (χ3n) is 5.20. The number of hydrogen-bond donors (Lipinski definition) is 1. The number of fused-ring (bicyclic) bond motifs is 2. The highest BCUT2D eigenvalue weighted by molar-refractivity contribution is 6.07. The number of ether oxygens (including phenoxy) is 3. The Bertz CT molecular complexity index is 884. The maximum Gasteiger partial charge on any atom is 0.326 e. The number of imide groups is 1. The average molecular weight is 400 g/mol. The number of rotatable bonds is 5. The second-order valence-corrected chi connectivity index (χ2v) is 7.11. The summed E-state index contributed by atoms with van der Waals surface area (Å²) in [5, 5.41) is 2.62. The molecule has 9 heteroatoms. The number of allylic oxidation sites excluding steroid dienone is 2. The second-order valence-electron chi connectivity index (χ2n) is 7.11. The molecule has 1 fully saturated rings. The number of carbonyl (C=O) groups is 4. The minimum atomic E-state index is -1.11. The third kappa shape index (κ3) is 3.67. The molecule has 1 aliphatic carbocycles. The van der Waals surface area contributed by atoms with Crippen LogP contribution < -0.4 is 14.8 Å². The van der Waals surface area contributed by atoms with Crippen molar-refractivity contribution in [2.45, 2.75) is 25.9 Å². The SMILES string of the molecule is C[C@H](OC(=O)CN1C(=O)[C@H]2CC=CC[C@H]2C1=O)C(=O)Nc1ccc2c(c1)OCO2. The molecule has 152 valence electrons. The Morgan fingerprint density at radius 2 is 1.79 bits per heavy atom. The molecule has 1 N–H and O–H groups in total. The van der Waals surface area contributed by atoms with Crippen molar-refractivity contribution in [3.05, 3.63) is 30.4 Å². The number of carbonyl (C=O) groups excluding carboxylic acids is 4. The molecule has 3 atom stereocenters. The first kappa shape index (κ1) is 19.0. The van der Waals surface area contributed by atoms with Crippen molar-refractivity contribution in [3.63, 3.8) is 0 Å². The number of likely N-dealkylation sites (tertiary alicyclic amines) is 1. The van der Waals surface area contributed by atoms with Crippen LogP contribution in [0.15, 0.2) is 30.4 Å². The number of esters is 1. The molecule has 0 saturated carbocycles. The van der Waals surface area contributed by atoms with Crippen LogP contribution in [-0.2, 0) is 23.9 Å². The first-order valence-electron chi connectivity index (χ1n) is 9.34. The molecule has 2 aliphatic heterocycles. The van der Waals surface area contributed by atoms with Crippen molar-refractivity contribution in [3.8, 4) is 11.5 Å². The molecule has 4 rings (SSSR count). The molecule has 1 aromatic carbocycles. The van der Waals surface area contributed by atoms with Crippen LogP contribution in [0.1, 0.15) is 19.8 Å². The van der Waals surface area contributed by atoms with E-state index in [1.54, 1.807) is 18.2 Å². The van der Waals surface area contributed by atoms with Crippen LogP contribution in [0, 0.1) is 11.8 Å². The van der Waals surface area contributed by atoms with Crippen LogP contribution >= 0.6 is 0 Å². The van der Waals surface area contributed by atoms with E-state index in [0.29, 0.717) is 30.0 Å². The highest BCUT2D eigenvalue weighted by atomic mass is 16.7. The summed E-state index contributed by atoms with van der Waals surface area (Å²) < 4.78 is 15.6. The quantitative estimate of drug-likeness (QED) is 0.450. The predicted molar refractivity (Wildman–Crippen MR) is 98.8 cm³/mol.